The van der Waals surface area contributed by atoms with Gasteiger partial charge in [0.1, 0.15) is 0 Å². The second-order valence-corrected chi connectivity index (χ2v) is 4.37. The van der Waals surface area contributed by atoms with Crippen LogP contribution >= 0.6 is 11.8 Å². The smallest absolute Gasteiger partial charge is 0.271 e. The predicted octanol–water partition coefficient (Wildman–Crippen LogP) is 2.10. The van der Waals surface area contributed by atoms with Gasteiger partial charge in [0.15, 0.2) is 5.12 Å². The van der Waals surface area contributed by atoms with Crippen LogP contribution in [0, 0.1) is 33.3 Å². The second-order valence-electron chi connectivity index (χ2n) is 3.22. The van der Waals surface area contributed by atoms with Crippen LogP contribution in [0.1, 0.15) is 18.1 Å². The number of nitriles is 1. The van der Waals surface area contributed by atoms with Gasteiger partial charge in [-0.3, -0.25) is 14.9 Å². The Kier molecular flexibility index (Phi) is 4.91. The molecule has 1 aromatic rings. The minimum absolute atomic E-state index is 0.0407. The first-order valence-corrected chi connectivity index (χ1v) is 5.83. The molecule has 0 aromatic heterocycles. The zero-order valence-corrected chi connectivity index (χ0v) is 10.3. The van der Waals surface area contributed by atoms with Crippen molar-refractivity contribution in [2.24, 2.45) is 0 Å². The summed E-state index contributed by atoms with van der Waals surface area (Å²) in [5.74, 6) is 5.72. The number of non-ortho nitro benzene ring substituents is 1. The highest BCUT2D eigenvalue weighted by atomic mass is 32.2. The van der Waals surface area contributed by atoms with Crippen molar-refractivity contribution in [3.05, 3.63) is 39.4 Å². The highest BCUT2D eigenvalue weighted by Gasteiger charge is 2.08. The van der Waals surface area contributed by atoms with E-state index in [4.69, 9.17) is 5.26 Å². The van der Waals surface area contributed by atoms with Gasteiger partial charge in [-0.15, -0.1) is 0 Å². The van der Waals surface area contributed by atoms with Crippen LogP contribution in [0.3, 0.4) is 0 Å². The number of rotatable bonds is 2. The predicted molar refractivity (Wildman–Crippen MR) is 67.8 cm³/mol. The molecule has 0 aliphatic rings. The largest absolute Gasteiger partial charge is 0.288 e. The molecule has 0 aliphatic carbocycles. The van der Waals surface area contributed by atoms with Crippen LogP contribution in [-0.4, -0.2) is 15.8 Å². The van der Waals surface area contributed by atoms with E-state index in [2.05, 4.69) is 11.8 Å². The summed E-state index contributed by atoms with van der Waals surface area (Å²) in [5.41, 5.74) is 0.412. The summed E-state index contributed by atoms with van der Waals surface area (Å²) in [4.78, 5) is 20.7. The molecule has 0 aliphatic heterocycles. The second kappa shape index (κ2) is 6.43. The Morgan fingerprint density at radius 3 is 2.67 bits per heavy atom. The van der Waals surface area contributed by atoms with Gasteiger partial charge in [0.05, 0.1) is 22.3 Å². The molecule has 90 valence electrons. The molecule has 6 heteroatoms. The molecular formula is C12H8N2O3S. The highest BCUT2D eigenvalue weighted by molar-refractivity contribution is 8.13. The number of hydrogen-bond acceptors (Lipinski definition) is 5. The molecule has 5 nitrogen and oxygen atoms in total. The topological polar surface area (TPSA) is 84.0 Å². The molecule has 0 N–H and O–H groups in total. The van der Waals surface area contributed by atoms with Crippen molar-refractivity contribution in [2.75, 3.05) is 5.75 Å². The van der Waals surface area contributed by atoms with Crippen molar-refractivity contribution in [3.8, 4) is 17.9 Å². The third-order valence-corrected chi connectivity index (χ3v) is 2.53. The molecule has 0 radical (unpaired) electrons. The van der Waals surface area contributed by atoms with Crippen LogP contribution in [-0.2, 0) is 4.79 Å². The number of nitrogens with zero attached hydrogens (tertiary/aromatic N) is 2. The monoisotopic (exact) mass is 260 g/mol. The molecule has 0 heterocycles. The van der Waals surface area contributed by atoms with E-state index in [0.717, 1.165) is 11.8 Å². The van der Waals surface area contributed by atoms with E-state index in [-0.39, 0.29) is 16.4 Å². The summed E-state index contributed by atoms with van der Waals surface area (Å²) in [5, 5.41) is 19.3. The van der Waals surface area contributed by atoms with Gasteiger partial charge in [0.2, 0.25) is 0 Å². The Morgan fingerprint density at radius 1 is 1.44 bits per heavy atom. The minimum atomic E-state index is -0.573. The molecule has 0 saturated carbocycles. The van der Waals surface area contributed by atoms with Gasteiger partial charge >= 0.3 is 0 Å². The first-order valence-electron chi connectivity index (χ1n) is 4.84. The zero-order valence-electron chi connectivity index (χ0n) is 9.47. The molecule has 0 saturated heterocycles. The van der Waals surface area contributed by atoms with Crippen LogP contribution < -0.4 is 0 Å². The van der Waals surface area contributed by atoms with E-state index < -0.39 is 4.92 Å². The molecule has 0 atom stereocenters. The molecule has 0 unspecified atom stereocenters. The number of carbonyl (C=O) groups is 1. The SMILES string of the molecule is CC(=O)SCC#Cc1cc(C#N)cc([N+](=O)[O-])c1. The van der Waals surface area contributed by atoms with Crippen LogP contribution in [0.2, 0.25) is 0 Å². The Labute approximate surface area is 108 Å². The van der Waals surface area contributed by atoms with E-state index >= 15 is 0 Å². The molecule has 1 aromatic carbocycles. The Bertz CT molecular complexity index is 594. The molecule has 0 spiro atoms. The van der Waals surface area contributed by atoms with E-state index in [1.54, 1.807) is 0 Å². The van der Waals surface area contributed by atoms with E-state index in [1.807, 2.05) is 6.07 Å². The number of thioether (sulfide) groups is 1. The minimum Gasteiger partial charge on any atom is -0.288 e. The summed E-state index contributed by atoms with van der Waals surface area (Å²) in [6.45, 7) is 1.44. The Hall–Kier alpha value is -2.31. The fourth-order valence-corrected chi connectivity index (χ4v) is 1.48. The van der Waals surface area contributed by atoms with E-state index in [0.29, 0.717) is 11.3 Å². The number of benzene rings is 1. The summed E-state index contributed by atoms with van der Waals surface area (Å²) >= 11 is 1.06. The Balaban J connectivity index is 2.95. The van der Waals surface area contributed by atoms with Crippen LogP contribution in [0.25, 0.3) is 0 Å². The maximum Gasteiger partial charge on any atom is 0.271 e. The summed E-state index contributed by atoms with van der Waals surface area (Å²) in [6.07, 6.45) is 0. The lowest BCUT2D eigenvalue weighted by molar-refractivity contribution is -0.384. The van der Waals surface area contributed by atoms with Gasteiger partial charge < -0.3 is 0 Å². The third-order valence-electron chi connectivity index (χ3n) is 1.84. The van der Waals surface area contributed by atoms with Crippen molar-refractivity contribution in [2.45, 2.75) is 6.92 Å². The molecule has 18 heavy (non-hydrogen) atoms. The normalized spacial score (nSPS) is 8.89. The number of nitro benzene ring substituents is 1. The van der Waals surface area contributed by atoms with Gasteiger partial charge in [0, 0.05) is 24.6 Å². The first kappa shape index (κ1) is 13.8. The van der Waals surface area contributed by atoms with Crippen molar-refractivity contribution in [3.63, 3.8) is 0 Å². The van der Waals surface area contributed by atoms with E-state index in [1.165, 1.54) is 25.1 Å². The highest BCUT2D eigenvalue weighted by Crippen LogP contribution is 2.16. The number of hydrogen-bond donors (Lipinski definition) is 0. The van der Waals surface area contributed by atoms with Crippen LogP contribution in [0.5, 0.6) is 0 Å². The molecular weight excluding hydrogens is 252 g/mol. The lowest BCUT2D eigenvalue weighted by Crippen LogP contribution is -1.90. The van der Waals surface area contributed by atoms with E-state index in [9.17, 15) is 14.9 Å². The third kappa shape index (κ3) is 4.28. The van der Waals surface area contributed by atoms with Gasteiger partial charge in [-0.25, -0.2) is 0 Å². The maximum absolute atomic E-state index is 10.7. The first-order chi connectivity index (χ1) is 8.52. The molecule has 0 bridgehead atoms. The van der Waals surface area contributed by atoms with Crippen molar-refractivity contribution < 1.29 is 9.72 Å². The average molecular weight is 260 g/mol. The van der Waals surface area contributed by atoms with Gasteiger partial charge in [-0.2, -0.15) is 5.26 Å². The molecule has 0 amide bonds. The van der Waals surface area contributed by atoms with Gasteiger partial charge in [-0.1, -0.05) is 23.6 Å². The van der Waals surface area contributed by atoms with Crippen LogP contribution in [0.4, 0.5) is 5.69 Å². The van der Waals surface area contributed by atoms with Crippen LogP contribution in [0.15, 0.2) is 18.2 Å². The molecule has 0 fully saturated rings. The molecule has 1 rings (SSSR count). The van der Waals surface area contributed by atoms with Crippen molar-refractivity contribution in [1.82, 2.24) is 0 Å². The lowest BCUT2D eigenvalue weighted by Gasteiger charge is -1.94. The average Bonchev–Trinajstić information content (AvgIpc) is 2.34. The number of nitro groups is 1. The van der Waals surface area contributed by atoms with Gasteiger partial charge in [0.25, 0.3) is 5.69 Å². The Morgan fingerprint density at radius 2 is 2.11 bits per heavy atom. The summed E-state index contributed by atoms with van der Waals surface area (Å²) in [7, 11) is 0. The number of carbonyl (C=O) groups excluding carboxylic acids is 1. The fourth-order valence-electron chi connectivity index (χ4n) is 1.13. The summed E-state index contributed by atoms with van der Waals surface area (Å²) in [6, 6.07) is 5.80. The maximum atomic E-state index is 10.7. The fraction of sp³-hybridized carbons (Fsp3) is 0.167. The van der Waals surface area contributed by atoms with Gasteiger partial charge in [-0.05, 0) is 6.07 Å². The standard InChI is InChI=1S/C12H8N2O3S/c1-9(15)18-4-2-3-10-5-11(8-13)7-12(6-10)14(16)17/h5-7H,4H2,1H3. The zero-order chi connectivity index (χ0) is 13.5. The van der Waals surface area contributed by atoms with Crippen molar-refractivity contribution in [1.29, 1.82) is 5.26 Å². The lowest BCUT2D eigenvalue weighted by atomic mass is 10.1. The quantitative estimate of drug-likeness (QED) is 0.462. The summed E-state index contributed by atoms with van der Waals surface area (Å²) < 4.78 is 0. The van der Waals surface area contributed by atoms with Crippen molar-refractivity contribution >= 4 is 22.6 Å².